The lowest BCUT2D eigenvalue weighted by atomic mass is 9.78. The molecule has 4 nitrogen and oxygen atoms in total. The number of benzene rings is 1. The summed E-state index contributed by atoms with van der Waals surface area (Å²) in [6, 6.07) is 5.09. The predicted molar refractivity (Wildman–Crippen MR) is 69.8 cm³/mol. The Kier molecular flexibility index (Phi) is 2.81. The Hall–Kier alpha value is -1.23. The molecule has 0 heterocycles. The van der Waals surface area contributed by atoms with Crippen molar-refractivity contribution in [3.05, 3.63) is 18.2 Å². The molecule has 1 aliphatic rings. The Labute approximate surface area is 102 Å². The van der Waals surface area contributed by atoms with Crippen LogP contribution in [0.15, 0.2) is 23.1 Å². The van der Waals surface area contributed by atoms with Gasteiger partial charge in [-0.05, 0) is 38.3 Å². The summed E-state index contributed by atoms with van der Waals surface area (Å²) in [4.78, 5) is 0.199. The zero-order valence-corrected chi connectivity index (χ0v) is 11.0. The molecule has 0 aliphatic heterocycles. The summed E-state index contributed by atoms with van der Waals surface area (Å²) in [5.41, 5.74) is 7.01. The van der Waals surface area contributed by atoms with E-state index in [1.54, 1.807) is 12.1 Å². The number of rotatable bonds is 3. The van der Waals surface area contributed by atoms with Crippen LogP contribution < -0.4 is 11.1 Å². The zero-order chi connectivity index (χ0) is 12.7. The first-order valence-corrected chi connectivity index (χ1v) is 7.58. The minimum atomic E-state index is -3.27. The lowest BCUT2D eigenvalue weighted by Gasteiger charge is -2.40. The smallest absolute Gasteiger partial charge is 0.177 e. The number of nitrogens with one attached hydrogen (secondary N) is 1. The molecule has 0 saturated heterocycles. The van der Waals surface area contributed by atoms with Crippen LogP contribution in [0.1, 0.15) is 26.2 Å². The highest BCUT2D eigenvalue weighted by Crippen LogP contribution is 2.37. The van der Waals surface area contributed by atoms with E-state index in [0.717, 1.165) is 18.5 Å². The van der Waals surface area contributed by atoms with Crippen LogP contribution in [0.25, 0.3) is 0 Å². The first kappa shape index (κ1) is 12.2. The van der Waals surface area contributed by atoms with E-state index in [2.05, 4.69) is 12.2 Å². The second kappa shape index (κ2) is 3.91. The summed E-state index contributed by atoms with van der Waals surface area (Å²) in [5.74, 6) is 0. The average Bonchev–Trinajstić information content (AvgIpc) is 2.17. The van der Waals surface area contributed by atoms with E-state index in [1.165, 1.54) is 12.7 Å². The third kappa shape index (κ3) is 2.39. The van der Waals surface area contributed by atoms with Crippen LogP contribution in [-0.2, 0) is 9.84 Å². The quantitative estimate of drug-likeness (QED) is 0.809. The summed E-state index contributed by atoms with van der Waals surface area (Å²) >= 11 is 0. The number of nitrogen functional groups attached to an aromatic ring is 1. The van der Waals surface area contributed by atoms with Crippen LogP contribution in [0.4, 0.5) is 11.4 Å². The van der Waals surface area contributed by atoms with E-state index in [1.807, 2.05) is 6.07 Å². The standard InChI is InChI=1S/C12H18N2O2S/c1-12(7-4-8-12)14-9-5-3-6-10(11(9)13)17(2,15)16/h3,5-6,14H,4,7-8,13H2,1-2H3. The van der Waals surface area contributed by atoms with Crippen molar-refractivity contribution in [1.29, 1.82) is 0 Å². The molecule has 0 spiro atoms. The van der Waals surface area contributed by atoms with E-state index >= 15 is 0 Å². The monoisotopic (exact) mass is 254 g/mol. The summed E-state index contributed by atoms with van der Waals surface area (Å²) < 4.78 is 23.1. The predicted octanol–water partition coefficient (Wildman–Crippen LogP) is 2.03. The van der Waals surface area contributed by atoms with Crippen LogP contribution in [0, 0.1) is 0 Å². The van der Waals surface area contributed by atoms with E-state index in [-0.39, 0.29) is 10.4 Å². The van der Waals surface area contributed by atoms with Crippen LogP contribution in [0.2, 0.25) is 0 Å². The fraction of sp³-hybridized carbons (Fsp3) is 0.500. The van der Waals surface area contributed by atoms with Crippen molar-refractivity contribution in [2.75, 3.05) is 17.3 Å². The zero-order valence-electron chi connectivity index (χ0n) is 10.2. The molecule has 3 N–H and O–H groups in total. The number of anilines is 2. The van der Waals surface area contributed by atoms with Crippen LogP contribution in [-0.4, -0.2) is 20.2 Å². The molecule has 1 saturated carbocycles. The van der Waals surface area contributed by atoms with Crippen molar-refractivity contribution >= 4 is 21.2 Å². The fourth-order valence-electron chi connectivity index (χ4n) is 2.13. The topological polar surface area (TPSA) is 72.2 Å². The maximum atomic E-state index is 11.5. The van der Waals surface area contributed by atoms with E-state index < -0.39 is 9.84 Å². The van der Waals surface area contributed by atoms with Gasteiger partial charge in [-0.1, -0.05) is 6.07 Å². The van der Waals surface area contributed by atoms with E-state index in [9.17, 15) is 8.42 Å². The largest absolute Gasteiger partial charge is 0.396 e. The van der Waals surface area contributed by atoms with Gasteiger partial charge in [-0.3, -0.25) is 0 Å². The Morgan fingerprint density at radius 3 is 2.47 bits per heavy atom. The Balaban J connectivity index is 2.36. The molecule has 0 amide bonds. The lowest BCUT2D eigenvalue weighted by molar-refractivity contribution is 0.307. The normalized spacial score (nSPS) is 18.5. The number of nitrogens with two attached hydrogens (primary N) is 1. The molecule has 5 heteroatoms. The van der Waals surface area contributed by atoms with Gasteiger partial charge in [-0.25, -0.2) is 8.42 Å². The molecule has 2 rings (SSSR count). The Morgan fingerprint density at radius 2 is 2.00 bits per heavy atom. The minimum Gasteiger partial charge on any atom is -0.396 e. The third-order valence-corrected chi connectivity index (χ3v) is 4.51. The van der Waals surface area contributed by atoms with E-state index in [0.29, 0.717) is 5.69 Å². The maximum Gasteiger partial charge on any atom is 0.177 e. The third-order valence-electron chi connectivity index (χ3n) is 3.36. The molecule has 0 atom stereocenters. The van der Waals surface area contributed by atoms with Crippen molar-refractivity contribution in [2.24, 2.45) is 0 Å². The van der Waals surface area contributed by atoms with Gasteiger partial charge in [0.15, 0.2) is 9.84 Å². The van der Waals surface area contributed by atoms with Crippen LogP contribution in [0.5, 0.6) is 0 Å². The highest BCUT2D eigenvalue weighted by molar-refractivity contribution is 7.90. The second-order valence-corrected chi connectivity index (χ2v) is 7.01. The Morgan fingerprint density at radius 1 is 1.35 bits per heavy atom. The lowest BCUT2D eigenvalue weighted by Crippen LogP contribution is -2.41. The van der Waals surface area contributed by atoms with Crippen molar-refractivity contribution in [2.45, 2.75) is 36.6 Å². The van der Waals surface area contributed by atoms with Gasteiger partial charge in [0, 0.05) is 11.8 Å². The van der Waals surface area contributed by atoms with Gasteiger partial charge < -0.3 is 11.1 Å². The summed E-state index contributed by atoms with van der Waals surface area (Å²) in [6.45, 7) is 2.13. The molecular weight excluding hydrogens is 236 g/mol. The Bertz CT molecular complexity index is 533. The minimum absolute atomic E-state index is 0.0598. The molecule has 1 aliphatic carbocycles. The van der Waals surface area contributed by atoms with Gasteiger partial charge in [0.2, 0.25) is 0 Å². The van der Waals surface area contributed by atoms with Gasteiger partial charge in [0.1, 0.15) is 0 Å². The first-order valence-electron chi connectivity index (χ1n) is 5.69. The molecule has 0 unspecified atom stereocenters. The molecule has 1 aromatic carbocycles. The van der Waals surface area contributed by atoms with E-state index in [4.69, 9.17) is 5.73 Å². The van der Waals surface area contributed by atoms with Crippen LogP contribution in [0.3, 0.4) is 0 Å². The number of para-hydroxylation sites is 1. The summed E-state index contributed by atoms with van der Waals surface area (Å²) in [5, 5.41) is 3.35. The average molecular weight is 254 g/mol. The number of sulfone groups is 1. The SMILES string of the molecule is CC1(Nc2cccc(S(C)(=O)=O)c2N)CCC1. The van der Waals surface area contributed by atoms with Gasteiger partial charge in [-0.2, -0.15) is 0 Å². The van der Waals surface area contributed by atoms with Gasteiger partial charge in [0.05, 0.1) is 16.3 Å². The van der Waals surface area contributed by atoms with Crippen molar-refractivity contribution < 1.29 is 8.42 Å². The second-order valence-electron chi connectivity index (χ2n) is 5.03. The maximum absolute atomic E-state index is 11.5. The van der Waals surface area contributed by atoms with Crippen LogP contribution >= 0.6 is 0 Å². The molecule has 0 radical (unpaired) electrons. The van der Waals surface area contributed by atoms with Gasteiger partial charge in [0.25, 0.3) is 0 Å². The molecule has 0 bridgehead atoms. The van der Waals surface area contributed by atoms with Crippen molar-refractivity contribution in [3.63, 3.8) is 0 Å². The summed E-state index contributed by atoms with van der Waals surface area (Å²) in [7, 11) is -3.27. The molecule has 1 fully saturated rings. The molecule has 1 aromatic rings. The molecule has 17 heavy (non-hydrogen) atoms. The first-order chi connectivity index (χ1) is 7.82. The summed E-state index contributed by atoms with van der Waals surface area (Å²) in [6.07, 6.45) is 4.56. The number of hydrogen-bond acceptors (Lipinski definition) is 4. The van der Waals surface area contributed by atoms with Gasteiger partial charge in [-0.15, -0.1) is 0 Å². The number of hydrogen-bond donors (Lipinski definition) is 2. The molecule has 94 valence electrons. The fourth-order valence-corrected chi connectivity index (χ4v) is 2.97. The van der Waals surface area contributed by atoms with Crippen molar-refractivity contribution in [3.8, 4) is 0 Å². The molecule has 0 aromatic heterocycles. The molecular formula is C12H18N2O2S. The highest BCUT2D eigenvalue weighted by atomic mass is 32.2. The van der Waals surface area contributed by atoms with Gasteiger partial charge >= 0.3 is 0 Å². The van der Waals surface area contributed by atoms with Crippen molar-refractivity contribution in [1.82, 2.24) is 0 Å². The highest BCUT2D eigenvalue weighted by Gasteiger charge is 2.32.